The third kappa shape index (κ3) is 2.39. The first-order chi connectivity index (χ1) is 7.16. The maximum Gasteiger partial charge on any atom is 0.310 e. The normalized spacial score (nSPS) is 32.8. The molecule has 0 spiro atoms. The highest BCUT2D eigenvalue weighted by Gasteiger charge is 2.65. The van der Waals surface area contributed by atoms with Crippen LogP contribution >= 0.6 is 0 Å². The first-order valence-electron chi connectivity index (χ1n) is 6.57. The first-order valence-corrected chi connectivity index (χ1v) is 24.2. The van der Waals surface area contributed by atoms with E-state index < -0.39 is 38.4 Å². The van der Waals surface area contributed by atoms with Crippen molar-refractivity contribution in [2.75, 3.05) is 0 Å². The van der Waals surface area contributed by atoms with Crippen LogP contribution in [0, 0.1) is 0 Å². The van der Waals surface area contributed by atoms with Gasteiger partial charge < -0.3 is 8.23 Å². The summed E-state index contributed by atoms with van der Waals surface area (Å²) in [5.74, 6) is 0. The fourth-order valence-corrected chi connectivity index (χ4v) is 82.6. The van der Waals surface area contributed by atoms with E-state index in [1.165, 1.54) is 0 Å². The van der Waals surface area contributed by atoms with E-state index in [-0.39, 0.29) is 0 Å². The molecule has 2 nitrogen and oxygen atoms in total. The van der Waals surface area contributed by atoms with Gasteiger partial charge >= 0.3 is 8.56 Å². The zero-order valence-corrected chi connectivity index (χ0v) is 18.3. The molecule has 0 aliphatic carbocycles. The SMILES string of the molecule is C[Si]1(C)O[Si](C)(C)[Si](C)(C)[Si](C)(C)[Si](C)(C)O1. The maximum absolute atomic E-state index is 6.66. The Morgan fingerprint density at radius 1 is 0.471 bits per heavy atom. The van der Waals surface area contributed by atoms with Crippen molar-refractivity contribution >= 4 is 38.4 Å². The highest BCUT2D eigenvalue weighted by atomic mass is 29.8. The molecule has 0 amide bonds. The summed E-state index contributed by atoms with van der Waals surface area (Å²) in [7, 11) is -7.60. The predicted molar refractivity (Wildman–Crippen MR) is 89.6 cm³/mol. The van der Waals surface area contributed by atoms with Crippen LogP contribution in [0.15, 0.2) is 0 Å². The average molecular weight is 323 g/mol. The average Bonchev–Trinajstić information content (AvgIpc) is 1.98. The highest BCUT2D eigenvalue weighted by molar-refractivity contribution is 7.82. The van der Waals surface area contributed by atoms with Crippen LogP contribution in [-0.2, 0) is 8.23 Å². The third-order valence-corrected chi connectivity index (χ3v) is 76.3. The fraction of sp³-hybridized carbons (Fsp3) is 1.00. The molecule has 0 atom stereocenters. The standard InChI is InChI=1S/C10H30O2Si5/c1-13(2)11-14(3,4)16(7,8)17(9,10)15(5,6)12-13/h1-10H3. The fourth-order valence-electron chi connectivity index (χ4n) is 3.01. The minimum absolute atomic E-state index is 1.29. The van der Waals surface area contributed by atoms with Gasteiger partial charge in [-0.05, 0) is 39.3 Å². The van der Waals surface area contributed by atoms with E-state index >= 15 is 0 Å². The van der Waals surface area contributed by atoms with Crippen LogP contribution in [-0.4, -0.2) is 38.4 Å². The Morgan fingerprint density at radius 3 is 0.941 bits per heavy atom. The van der Waals surface area contributed by atoms with E-state index in [1.807, 2.05) is 0 Å². The summed E-state index contributed by atoms with van der Waals surface area (Å²) in [5, 5.41) is 0. The van der Waals surface area contributed by atoms with Crippen molar-refractivity contribution in [1.82, 2.24) is 0 Å². The number of hydrogen-bond donors (Lipinski definition) is 0. The molecule has 17 heavy (non-hydrogen) atoms. The Bertz CT molecular complexity index is 293. The van der Waals surface area contributed by atoms with E-state index in [2.05, 4.69) is 65.5 Å². The van der Waals surface area contributed by atoms with Crippen LogP contribution < -0.4 is 0 Å². The van der Waals surface area contributed by atoms with E-state index in [9.17, 15) is 0 Å². The Kier molecular flexibility index (Phi) is 3.78. The van der Waals surface area contributed by atoms with Crippen LogP contribution in [0.2, 0.25) is 65.5 Å². The zero-order valence-electron chi connectivity index (χ0n) is 13.3. The van der Waals surface area contributed by atoms with Crippen LogP contribution in [0.3, 0.4) is 0 Å². The van der Waals surface area contributed by atoms with Gasteiger partial charge in [-0.15, -0.1) is 0 Å². The van der Waals surface area contributed by atoms with Crippen LogP contribution in [0.4, 0.5) is 0 Å². The second-order valence-electron chi connectivity index (χ2n) is 7.87. The summed E-state index contributed by atoms with van der Waals surface area (Å²) >= 11 is 0. The summed E-state index contributed by atoms with van der Waals surface area (Å²) in [6, 6.07) is 0. The number of rotatable bonds is 0. The molecule has 1 aliphatic rings. The van der Waals surface area contributed by atoms with Crippen molar-refractivity contribution in [3.8, 4) is 0 Å². The maximum atomic E-state index is 6.66. The molecule has 0 aromatic rings. The van der Waals surface area contributed by atoms with Crippen molar-refractivity contribution in [3.05, 3.63) is 0 Å². The molecule has 1 aliphatic heterocycles. The zero-order chi connectivity index (χ0) is 13.9. The molecule has 1 saturated heterocycles. The van der Waals surface area contributed by atoms with E-state index in [4.69, 9.17) is 8.23 Å². The van der Waals surface area contributed by atoms with Crippen molar-refractivity contribution < 1.29 is 8.23 Å². The molecule has 0 bridgehead atoms. The minimum atomic E-state index is -1.90. The van der Waals surface area contributed by atoms with Gasteiger partial charge in [0.2, 0.25) is 0 Å². The lowest BCUT2D eigenvalue weighted by atomic mass is 11.9. The lowest BCUT2D eigenvalue weighted by molar-refractivity contribution is 0.407. The molecule has 1 fully saturated rings. The lowest BCUT2D eigenvalue weighted by Gasteiger charge is -2.50. The van der Waals surface area contributed by atoms with Crippen molar-refractivity contribution in [2.45, 2.75) is 65.5 Å². The third-order valence-electron chi connectivity index (χ3n) is 5.57. The van der Waals surface area contributed by atoms with Gasteiger partial charge in [0.05, 0.1) is 14.2 Å². The quantitative estimate of drug-likeness (QED) is 0.632. The smallest absolute Gasteiger partial charge is 0.310 e. The molecule has 1 heterocycles. The summed E-state index contributed by atoms with van der Waals surface area (Å²) in [6.45, 7) is 24.7. The molecule has 0 unspecified atom stereocenters. The first kappa shape index (κ1) is 16.1. The van der Waals surface area contributed by atoms with Crippen molar-refractivity contribution in [1.29, 1.82) is 0 Å². The number of hydrogen-bond acceptors (Lipinski definition) is 2. The monoisotopic (exact) mass is 322 g/mol. The molecular weight excluding hydrogens is 293 g/mol. The Balaban J connectivity index is 3.42. The van der Waals surface area contributed by atoms with Crippen molar-refractivity contribution in [2.24, 2.45) is 0 Å². The van der Waals surface area contributed by atoms with Gasteiger partial charge in [-0.25, -0.2) is 0 Å². The van der Waals surface area contributed by atoms with E-state index in [0.717, 1.165) is 0 Å². The topological polar surface area (TPSA) is 18.5 Å². The largest absolute Gasteiger partial charge is 0.439 e. The molecule has 0 aromatic carbocycles. The molecule has 0 radical (unpaired) electrons. The summed E-state index contributed by atoms with van der Waals surface area (Å²) in [4.78, 5) is 0. The van der Waals surface area contributed by atoms with Crippen LogP contribution in [0.1, 0.15) is 0 Å². The summed E-state index contributed by atoms with van der Waals surface area (Å²) in [5.41, 5.74) is 0. The lowest BCUT2D eigenvalue weighted by Crippen LogP contribution is -2.78. The van der Waals surface area contributed by atoms with Gasteiger partial charge in [-0.2, -0.15) is 0 Å². The molecule has 0 aromatic heterocycles. The van der Waals surface area contributed by atoms with Gasteiger partial charge in [-0.1, -0.05) is 26.2 Å². The highest BCUT2D eigenvalue weighted by Crippen LogP contribution is 2.41. The minimum Gasteiger partial charge on any atom is -0.439 e. The molecule has 0 saturated carbocycles. The Morgan fingerprint density at radius 2 is 0.706 bits per heavy atom. The molecule has 0 N–H and O–H groups in total. The second-order valence-corrected chi connectivity index (χ2v) is 50.1. The van der Waals surface area contributed by atoms with Crippen molar-refractivity contribution in [3.63, 3.8) is 0 Å². The predicted octanol–water partition coefficient (Wildman–Crippen LogP) is 3.80. The molecule has 102 valence electrons. The van der Waals surface area contributed by atoms with Gasteiger partial charge in [0, 0.05) is 0 Å². The van der Waals surface area contributed by atoms with Gasteiger partial charge in [0.1, 0.15) is 0 Å². The van der Waals surface area contributed by atoms with E-state index in [1.54, 1.807) is 0 Å². The van der Waals surface area contributed by atoms with Crippen LogP contribution in [0.25, 0.3) is 0 Å². The summed E-state index contributed by atoms with van der Waals surface area (Å²) < 4.78 is 13.3. The Labute approximate surface area is 112 Å². The van der Waals surface area contributed by atoms with Gasteiger partial charge in [-0.3, -0.25) is 0 Å². The van der Waals surface area contributed by atoms with Gasteiger partial charge in [0.25, 0.3) is 0 Å². The molecular formula is C10H30O2Si5. The Hall–Kier alpha value is 1.00. The summed E-state index contributed by atoms with van der Waals surface area (Å²) in [6.07, 6.45) is 0. The van der Waals surface area contributed by atoms with E-state index in [0.29, 0.717) is 0 Å². The van der Waals surface area contributed by atoms with Gasteiger partial charge in [0.15, 0.2) is 15.7 Å². The van der Waals surface area contributed by atoms with Crippen LogP contribution in [0.5, 0.6) is 0 Å². The second kappa shape index (κ2) is 4.00. The molecule has 7 heteroatoms. The molecule has 1 rings (SSSR count).